The zero-order chi connectivity index (χ0) is 8.69. The van der Waals surface area contributed by atoms with Crippen LogP contribution < -0.4 is 11.1 Å². The van der Waals surface area contributed by atoms with E-state index in [1.165, 1.54) is 7.05 Å². The molecule has 0 saturated carbocycles. The molecule has 5 heteroatoms. The monoisotopic (exact) mass is 154 g/mol. The molecular formula is C6H10N4O. The summed E-state index contributed by atoms with van der Waals surface area (Å²) in [6.45, 7) is 3.30. The minimum Gasteiger partial charge on any atom is -0.384 e. The molecule has 0 aromatic rings. The number of aliphatic imine (C=N–C) groups is 2. The SMILES string of the molecule is C=C(N)N=CN=CC(=O)NC. The zero-order valence-corrected chi connectivity index (χ0v) is 6.24. The Labute approximate surface area is 64.7 Å². The van der Waals surface area contributed by atoms with E-state index >= 15 is 0 Å². The summed E-state index contributed by atoms with van der Waals surface area (Å²) >= 11 is 0. The maximum atomic E-state index is 10.5. The van der Waals surface area contributed by atoms with Crippen molar-refractivity contribution >= 4 is 18.5 Å². The lowest BCUT2D eigenvalue weighted by Crippen LogP contribution is -2.18. The first-order valence-corrected chi connectivity index (χ1v) is 2.88. The molecule has 0 bridgehead atoms. The normalized spacial score (nSPS) is 10.6. The number of carbonyl (C=O) groups is 1. The summed E-state index contributed by atoms with van der Waals surface area (Å²) in [5.74, 6) is -0.141. The molecule has 0 spiro atoms. The van der Waals surface area contributed by atoms with Gasteiger partial charge in [0.15, 0.2) is 0 Å². The Morgan fingerprint density at radius 1 is 1.73 bits per heavy atom. The number of amides is 1. The van der Waals surface area contributed by atoms with Crippen LogP contribution in [-0.4, -0.2) is 25.5 Å². The van der Waals surface area contributed by atoms with Crippen LogP contribution >= 0.6 is 0 Å². The van der Waals surface area contributed by atoms with Gasteiger partial charge in [-0.05, 0) is 0 Å². The first-order valence-electron chi connectivity index (χ1n) is 2.88. The predicted molar refractivity (Wildman–Crippen MR) is 44.4 cm³/mol. The van der Waals surface area contributed by atoms with E-state index in [9.17, 15) is 4.79 Å². The van der Waals surface area contributed by atoms with E-state index in [1.807, 2.05) is 0 Å². The highest BCUT2D eigenvalue weighted by Gasteiger charge is 1.85. The molecule has 0 aromatic carbocycles. The van der Waals surface area contributed by atoms with Crippen molar-refractivity contribution in [3.8, 4) is 0 Å². The Balaban J connectivity index is 3.77. The van der Waals surface area contributed by atoms with Gasteiger partial charge in [0.1, 0.15) is 12.2 Å². The quantitative estimate of drug-likeness (QED) is 0.415. The first-order chi connectivity index (χ1) is 5.16. The molecule has 0 aliphatic carbocycles. The van der Waals surface area contributed by atoms with E-state index in [-0.39, 0.29) is 11.7 Å². The topological polar surface area (TPSA) is 79.8 Å². The van der Waals surface area contributed by atoms with Crippen LogP contribution in [0.15, 0.2) is 22.4 Å². The number of nitrogens with two attached hydrogens (primary N) is 1. The average molecular weight is 154 g/mol. The Hall–Kier alpha value is -1.65. The maximum absolute atomic E-state index is 10.5. The molecule has 0 fully saturated rings. The lowest BCUT2D eigenvalue weighted by atomic mass is 10.7. The van der Waals surface area contributed by atoms with E-state index in [0.29, 0.717) is 0 Å². The second-order valence-electron chi connectivity index (χ2n) is 1.63. The molecule has 3 N–H and O–H groups in total. The fourth-order valence-electron chi connectivity index (χ4n) is 0.273. The molecule has 5 nitrogen and oxygen atoms in total. The van der Waals surface area contributed by atoms with E-state index in [4.69, 9.17) is 5.73 Å². The van der Waals surface area contributed by atoms with Crippen molar-refractivity contribution in [2.45, 2.75) is 0 Å². The van der Waals surface area contributed by atoms with Gasteiger partial charge in [0.05, 0.1) is 6.21 Å². The summed E-state index contributed by atoms with van der Waals surface area (Å²) < 4.78 is 0. The van der Waals surface area contributed by atoms with E-state index in [2.05, 4.69) is 21.9 Å². The number of hydrogen-bond donors (Lipinski definition) is 2. The van der Waals surface area contributed by atoms with Crippen molar-refractivity contribution < 1.29 is 4.79 Å². The third-order valence-electron chi connectivity index (χ3n) is 0.728. The number of rotatable bonds is 3. The third-order valence-corrected chi connectivity index (χ3v) is 0.728. The van der Waals surface area contributed by atoms with Crippen LogP contribution in [0.3, 0.4) is 0 Å². The predicted octanol–water partition coefficient (Wildman–Crippen LogP) is -0.739. The molecule has 0 aliphatic heterocycles. The first kappa shape index (κ1) is 9.35. The van der Waals surface area contributed by atoms with Crippen LogP contribution in [0.4, 0.5) is 0 Å². The minimum absolute atomic E-state index is 0.152. The van der Waals surface area contributed by atoms with Crippen molar-refractivity contribution in [3.05, 3.63) is 12.4 Å². The van der Waals surface area contributed by atoms with Crippen LogP contribution in [0.1, 0.15) is 0 Å². The van der Waals surface area contributed by atoms with Gasteiger partial charge in [-0.25, -0.2) is 9.98 Å². The summed E-state index contributed by atoms with van der Waals surface area (Å²) in [5, 5.41) is 2.35. The second-order valence-corrected chi connectivity index (χ2v) is 1.63. The second kappa shape index (κ2) is 5.16. The highest BCUT2D eigenvalue weighted by molar-refractivity contribution is 6.27. The lowest BCUT2D eigenvalue weighted by molar-refractivity contribution is -0.113. The van der Waals surface area contributed by atoms with Gasteiger partial charge in [-0.3, -0.25) is 4.79 Å². The van der Waals surface area contributed by atoms with Gasteiger partial charge in [-0.15, -0.1) is 0 Å². The standard InChI is InChI=1S/C6H10N4O/c1-5(7)10-4-9-3-6(11)8-2/h3-4H,1,7H2,2H3,(H,8,11). The molecule has 0 aromatic heterocycles. The van der Waals surface area contributed by atoms with Crippen molar-refractivity contribution in [2.75, 3.05) is 7.05 Å². The van der Waals surface area contributed by atoms with Gasteiger partial charge in [0.25, 0.3) is 5.91 Å². The summed E-state index contributed by atoms with van der Waals surface area (Å²) in [7, 11) is 1.51. The number of nitrogens with one attached hydrogen (secondary N) is 1. The third kappa shape index (κ3) is 6.23. The van der Waals surface area contributed by atoms with E-state index in [0.717, 1.165) is 12.6 Å². The van der Waals surface area contributed by atoms with Gasteiger partial charge in [0, 0.05) is 7.05 Å². The van der Waals surface area contributed by atoms with Crippen molar-refractivity contribution in [2.24, 2.45) is 15.7 Å². The molecule has 1 amide bonds. The molecule has 0 aliphatic rings. The van der Waals surface area contributed by atoms with Crippen LogP contribution in [0.2, 0.25) is 0 Å². The Morgan fingerprint density at radius 2 is 2.36 bits per heavy atom. The Bertz CT molecular complexity index is 207. The summed E-state index contributed by atoms with van der Waals surface area (Å²) in [6.07, 6.45) is 2.24. The van der Waals surface area contributed by atoms with Crippen molar-refractivity contribution in [1.82, 2.24) is 5.32 Å². The average Bonchev–Trinajstić information content (AvgIpc) is 1.97. The zero-order valence-electron chi connectivity index (χ0n) is 6.24. The fourth-order valence-corrected chi connectivity index (χ4v) is 0.273. The molecule has 0 rings (SSSR count). The van der Waals surface area contributed by atoms with E-state index in [1.54, 1.807) is 0 Å². The molecule has 11 heavy (non-hydrogen) atoms. The Kier molecular flexibility index (Phi) is 4.39. The molecule has 0 heterocycles. The van der Waals surface area contributed by atoms with Crippen LogP contribution in [0, 0.1) is 0 Å². The molecular weight excluding hydrogens is 144 g/mol. The highest BCUT2D eigenvalue weighted by atomic mass is 16.1. The summed E-state index contributed by atoms with van der Waals surface area (Å²) in [6, 6.07) is 0. The van der Waals surface area contributed by atoms with Gasteiger partial charge >= 0.3 is 0 Å². The van der Waals surface area contributed by atoms with E-state index < -0.39 is 0 Å². The maximum Gasteiger partial charge on any atom is 0.262 e. The summed E-state index contributed by atoms with van der Waals surface area (Å²) in [4.78, 5) is 17.5. The van der Waals surface area contributed by atoms with Gasteiger partial charge in [-0.1, -0.05) is 6.58 Å². The molecule has 0 unspecified atom stereocenters. The highest BCUT2D eigenvalue weighted by Crippen LogP contribution is 1.74. The van der Waals surface area contributed by atoms with Crippen LogP contribution in [0.5, 0.6) is 0 Å². The summed E-state index contributed by atoms with van der Waals surface area (Å²) in [5.41, 5.74) is 5.07. The van der Waals surface area contributed by atoms with Gasteiger partial charge < -0.3 is 11.1 Å². The Morgan fingerprint density at radius 3 is 2.82 bits per heavy atom. The van der Waals surface area contributed by atoms with Crippen LogP contribution in [0.25, 0.3) is 0 Å². The van der Waals surface area contributed by atoms with Crippen LogP contribution in [-0.2, 0) is 4.79 Å². The molecule has 0 atom stereocenters. The number of nitrogens with zero attached hydrogens (tertiary/aromatic N) is 2. The minimum atomic E-state index is -0.293. The largest absolute Gasteiger partial charge is 0.384 e. The smallest absolute Gasteiger partial charge is 0.262 e. The van der Waals surface area contributed by atoms with Gasteiger partial charge in [0.2, 0.25) is 0 Å². The van der Waals surface area contributed by atoms with Crippen molar-refractivity contribution in [1.29, 1.82) is 0 Å². The number of hydrogen-bond acceptors (Lipinski definition) is 3. The fraction of sp³-hybridized carbons (Fsp3) is 0.167. The van der Waals surface area contributed by atoms with Gasteiger partial charge in [-0.2, -0.15) is 0 Å². The molecule has 0 radical (unpaired) electrons. The molecule has 0 saturated heterocycles. The molecule has 60 valence electrons. The number of carbonyl (C=O) groups excluding carboxylic acids is 1. The van der Waals surface area contributed by atoms with Crippen molar-refractivity contribution in [3.63, 3.8) is 0 Å². The lowest BCUT2D eigenvalue weighted by Gasteiger charge is -1.85.